The van der Waals surface area contributed by atoms with Gasteiger partial charge in [-0.1, -0.05) is 17.7 Å². The molecule has 2 N–H and O–H groups in total. The van der Waals surface area contributed by atoms with Crippen molar-refractivity contribution >= 4 is 23.3 Å². The van der Waals surface area contributed by atoms with Gasteiger partial charge in [0.1, 0.15) is 0 Å². The van der Waals surface area contributed by atoms with Gasteiger partial charge < -0.3 is 15.2 Å². The Kier molecular flexibility index (Phi) is 4.91. The second kappa shape index (κ2) is 6.68. The Morgan fingerprint density at radius 1 is 1.29 bits per heavy atom. The number of aryl methyl sites for hydroxylation is 1. The number of carbonyl (C=O) groups is 1. The third-order valence-corrected chi connectivity index (χ3v) is 3.88. The van der Waals surface area contributed by atoms with Crippen LogP contribution < -0.4 is 10.6 Å². The highest BCUT2D eigenvalue weighted by atomic mass is 35.5. The van der Waals surface area contributed by atoms with Gasteiger partial charge in [-0.15, -0.1) is 0 Å². The Hall–Kier alpha value is -1.94. The standard InChI is InChI=1S/C16H20ClN3O/c1-11-9-13(12(2)20(11)3)7-8-18-16(21)19-15-6-4-5-14(17)10-15/h4-6,9-10H,7-8H2,1-3H3,(H2,18,19,21). The van der Waals surface area contributed by atoms with E-state index in [0.717, 1.165) is 6.42 Å². The van der Waals surface area contributed by atoms with Crippen LogP contribution in [0.4, 0.5) is 10.5 Å². The SMILES string of the molecule is Cc1cc(CCNC(=O)Nc2cccc(Cl)c2)c(C)n1C. The summed E-state index contributed by atoms with van der Waals surface area (Å²) >= 11 is 5.87. The fourth-order valence-electron chi connectivity index (χ4n) is 2.24. The lowest BCUT2D eigenvalue weighted by Gasteiger charge is -2.08. The summed E-state index contributed by atoms with van der Waals surface area (Å²) in [4.78, 5) is 11.8. The maximum atomic E-state index is 11.8. The minimum atomic E-state index is -0.220. The summed E-state index contributed by atoms with van der Waals surface area (Å²) in [5.41, 5.74) is 4.42. The van der Waals surface area contributed by atoms with Crippen LogP contribution in [0.15, 0.2) is 30.3 Å². The first kappa shape index (κ1) is 15.4. The number of nitrogens with zero attached hydrogens (tertiary/aromatic N) is 1. The molecule has 0 fully saturated rings. The molecule has 0 aliphatic carbocycles. The Bertz CT molecular complexity index is 649. The average molecular weight is 306 g/mol. The van der Waals surface area contributed by atoms with Crippen LogP contribution in [0.3, 0.4) is 0 Å². The van der Waals surface area contributed by atoms with Gasteiger partial charge in [0.05, 0.1) is 0 Å². The van der Waals surface area contributed by atoms with Gasteiger partial charge in [0.25, 0.3) is 0 Å². The second-order valence-electron chi connectivity index (χ2n) is 5.10. The van der Waals surface area contributed by atoms with E-state index in [2.05, 4.69) is 35.1 Å². The predicted octanol–water partition coefficient (Wildman–Crippen LogP) is 3.66. The number of rotatable bonds is 4. The average Bonchev–Trinajstić information content (AvgIpc) is 2.66. The molecule has 0 unspecified atom stereocenters. The summed E-state index contributed by atoms with van der Waals surface area (Å²) in [5.74, 6) is 0. The molecule has 112 valence electrons. The topological polar surface area (TPSA) is 46.1 Å². The largest absolute Gasteiger partial charge is 0.352 e. The quantitative estimate of drug-likeness (QED) is 0.889. The normalized spacial score (nSPS) is 10.5. The third kappa shape index (κ3) is 4.02. The summed E-state index contributed by atoms with van der Waals surface area (Å²) < 4.78 is 2.15. The molecular weight excluding hydrogens is 286 g/mol. The van der Waals surface area contributed by atoms with E-state index in [0.29, 0.717) is 17.3 Å². The van der Waals surface area contributed by atoms with Crippen molar-refractivity contribution in [2.24, 2.45) is 7.05 Å². The molecular formula is C16H20ClN3O. The van der Waals surface area contributed by atoms with E-state index in [1.807, 2.05) is 7.05 Å². The summed E-state index contributed by atoms with van der Waals surface area (Å²) in [6, 6.07) is 9.02. The highest BCUT2D eigenvalue weighted by Gasteiger charge is 2.07. The van der Waals surface area contributed by atoms with E-state index in [1.54, 1.807) is 24.3 Å². The van der Waals surface area contributed by atoms with Crippen molar-refractivity contribution in [1.82, 2.24) is 9.88 Å². The van der Waals surface area contributed by atoms with Crippen molar-refractivity contribution in [2.45, 2.75) is 20.3 Å². The maximum Gasteiger partial charge on any atom is 0.319 e. The molecule has 0 saturated heterocycles. The molecule has 2 rings (SSSR count). The molecule has 4 nitrogen and oxygen atoms in total. The molecule has 1 aromatic carbocycles. The molecule has 1 heterocycles. The molecule has 0 saturated carbocycles. The Balaban J connectivity index is 1.83. The lowest BCUT2D eigenvalue weighted by atomic mass is 10.2. The molecule has 2 aromatic rings. The zero-order chi connectivity index (χ0) is 15.4. The second-order valence-corrected chi connectivity index (χ2v) is 5.53. The van der Waals surface area contributed by atoms with Crippen LogP contribution in [0.1, 0.15) is 17.0 Å². The van der Waals surface area contributed by atoms with Crippen molar-refractivity contribution in [3.63, 3.8) is 0 Å². The Morgan fingerprint density at radius 3 is 2.67 bits per heavy atom. The highest BCUT2D eigenvalue weighted by molar-refractivity contribution is 6.30. The van der Waals surface area contributed by atoms with Gasteiger partial charge >= 0.3 is 6.03 Å². The number of amides is 2. The molecule has 0 aliphatic heterocycles. The summed E-state index contributed by atoms with van der Waals surface area (Å²) in [7, 11) is 2.05. The van der Waals surface area contributed by atoms with E-state index >= 15 is 0 Å². The summed E-state index contributed by atoms with van der Waals surface area (Å²) in [5, 5.41) is 6.21. The fourth-order valence-corrected chi connectivity index (χ4v) is 2.43. The Morgan fingerprint density at radius 2 is 2.05 bits per heavy atom. The Labute approximate surface area is 130 Å². The fraction of sp³-hybridized carbons (Fsp3) is 0.312. The highest BCUT2D eigenvalue weighted by Crippen LogP contribution is 2.15. The number of hydrogen-bond acceptors (Lipinski definition) is 1. The maximum absolute atomic E-state index is 11.8. The summed E-state index contributed by atoms with van der Waals surface area (Å²) in [6.07, 6.45) is 0.816. The van der Waals surface area contributed by atoms with E-state index in [1.165, 1.54) is 17.0 Å². The van der Waals surface area contributed by atoms with Gasteiger partial charge in [0.2, 0.25) is 0 Å². The van der Waals surface area contributed by atoms with Gasteiger partial charge in [-0.25, -0.2) is 4.79 Å². The molecule has 0 bridgehead atoms. The minimum absolute atomic E-state index is 0.220. The number of carbonyl (C=O) groups excluding carboxylic acids is 1. The number of anilines is 1. The molecule has 21 heavy (non-hydrogen) atoms. The van der Waals surface area contributed by atoms with Crippen molar-refractivity contribution in [2.75, 3.05) is 11.9 Å². The molecule has 5 heteroatoms. The van der Waals surface area contributed by atoms with Gasteiger partial charge in [-0.3, -0.25) is 0 Å². The monoisotopic (exact) mass is 305 g/mol. The third-order valence-electron chi connectivity index (χ3n) is 3.64. The van der Waals surface area contributed by atoms with Crippen LogP contribution in [0.5, 0.6) is 0 Å². The van der Waals surface area contributed by atoms with E-state index in [9.17, 15) is 4.79 Å². The molecule has 1 aromatic heterocycles. The smallest absolute Gasteiger partial charge is 0.319 e. The van der Waals surface area contributed by atoms with Gasteiger partial charge in [0, 0.05) is 35.7 Å². The van der Waals surface area contributed by atoms with E-state index < -0.39 is 0 Å². The first-order valence-corrected chi connectivity index (χ1v) is 7.27. The number of halogens is 1. The zero-order valence-corrected chi connectivity index (χ0v) is 13.3. The number of benzene rings is 1. The minimum Gasteiger partial charge on any atom is -0.352 e. The lowest BCUT2D eigenvalue weighted by Crippen LogP contribution is -2.30. The van der Waals surface area contributed by atoms with Crippen LogP contribution in [-0.2, 0) is 13.5 Å². The van der Waals surface area contributed by atoms with Crippen molar-refractivity contribution < 1.29 is 4.79 Å². The molecule has 0 aliphatic rings. The molecule has 0 radical (unpaired) electrons. The van der Waals surface area contributed by atoms with Crippen LogP contribution in [-0.4, -0.2) is 17.1 Å². The molecule has 0 atom stereocenters. The van der Waals surface area contributed by atoms with Gasteiger partial charge in [-0.2, -0.15) is 0 Å². The number of aromatic nitrogens is 1. The van der Waals surface area contributed by atoms with Crippen LogP contribution in [0, 0.1) is 13.8 Å². The zero-order valence-electron chi connectivity index (χ0n) is 12.5. The van der Waals surface area contributed by atoms with E-state index in [4.69, 9.17) is 11.6 Å². The predicted molar refractivity (Wildman–Crippen MR) is 87.1 cm³/mol. The van der Waals surface area contributed by atoms with Crippen molar-refractivity contribution in [3.05, 3.63) is 52.3 Å². The van der Waals surface area contributed by atoms with E-state index in [-0.39, 0.29) is 6.03 Å². The van der Waals surface area contributed by atoms with Gasteiger partial charge in [-0.05, 0) is 50.1 Å². The lowest BCUT2D eigenvalue weighted by molar-refractivity contribution is 0.252. The van der Waals surface area contributed by atoms with Crippen molar-refractivity contribution in [3.8, 4) is 0 Å². The number of urea groups is 1. The van der Waals surface area contributed by atoms with Crippen molar-refractivity contribution in [1.29, 1.82) is 0 Å². The van der Waals surface area contributed by atoms with Gasteiger partial charge in [0.15, 0.2) is 0 Å². The van der Waals surface area contributed by atoms with Crippen LogP contribution >= 0.6 is 11.6 Å². The first-order valence-electron chi connectivity index (χ1n) is 6.89. The first-order chi connectivity index (χ1) is 9.97. The molecule has 2 amide bonds. The van der Waals surface area contributed by atoms with Crippen LogP contribution in [0.25, 0.3) is 0 Å². The molecule has 0 spiro atoms. The number of nitrogens with one attached hydrogen (secondary N) is 2. The van der Waals surface area contributed by atoms with Crippen LogP contribution in [0.2, 0.25) is 5.02 Å². The number of hydrogen-bond donors (Lipinski definition) is 2. The summed E-state index contributed by atoms with van der Waals surface area (Å²) in [6.45, 7) is 4.76.